The normalized spacial score (nSPS) is 24.4. The number of hydrazine groups is 1. The Morgan fingerprint density at radius 2 is 1.83 bits per heavy atom. The van der Waals surface area contributed by atoms with E-state index in [9.17, 15) is 24.1 Å². The first-order chi connectivity index (χ1) is 31.5. The first-order valence-electron chi connectivity index (χ1n) is 23.5. The molecule has 1 aromatic heterocycles. The highest BCUT2D eigenvalue weighted by atomic mass is 16.8. The second kappa shape index (κ2) is 18.8. The highest BCUT2D eigenvalue weighted by molar-refractivity contribution is 5.98. The Balaban J connectivity index is 1.16. The molecule has 1 unspecified atom stereocenters. The molecule has 15 heteroatoms. The van der Waals surface area contributed by atoms with Gasteiger partial charge in [-0.15, -0.1) is 0 Å². The van der Waals surface area contributed by atoms with Crippen LogP contribution in [0.15, 0.2) is 53.2 Å². The van der Waals surface area contributed by atoms with Gasteiger partial charge in [0, 0.05) is 87.0 Å². The van der Waals surface area contributed by atoms with Gasteiger partial charge in [0.15, 0.2) is 6.61 Å². The smallest absolute Gasteiger partial charge is 0.326 e. The van der Waals surface area contributed by atoms with Gasteiger partial charge in [-0.3, -0.25) is 29.2 Å². The highest BCUT2D eigenvalue weighted by Crippen LogP contribution is 2.43. The number of methoxy groups -OCH3 is 1. The number of carbonyl (C=O) groups excluding carboxylic acids is 4. The van der Waals surface area contributed by atoms with Gasteiger partial charge in [-0.05, 0) is 98.6 Å². The number of benzene rings is 2. The van der Waals surface area contributed by atoms with Crippen molar-refractivity contribution in [1.29, 1.82) is 0 Å². The molecule has 0 radical (unpaired) electrons. The molecule has 3 fully saturated rings. The van der Waals surface area contributed by atoms with Crippen molar-refractivity contribution < 1.29 is 33.7 Å². The molecule has 0 aliphatic carbocycles. The van der Waals surface area contributed by atoms with Gasteiger partial charge in [0.25, 0.3) is 11.8 Å². The first-order valence-corrected chi connectivity index (χ1v) is 23.5. The van der Waals surface area contributed by atoms with Gasteiger partial charge >= 0.3 is 6.17 Å². The Labute approximate surface area is 387 Å². The fourth-order valence-corrected chi connectivity index (χ4v) is 10.8. The summed E-state index contributed by atoms with van der Waals surface area (Å²) in [5.74, 6) is 3.69. The van der Waals surface area contributed by atoms with Crippen LogP contribution < -0.4 is 10.7 Å². The van der Waals surface area contributed by atoms with E-state index in [2.05, 4.69) is 78.4 Å². The summed E-state index contributed by atoms with van der Waals surface area (Å²) in [6, 6.07) is 12.7. The maximum Gasteiger partial charge on any atom is 0.326 e. The maximum atomic E-state index is 14.8. The van der Waals surface area contributed by atoms with E-state index >= 15 is 0 Å². The van der Waals surface area contributed by atoms with Crippen LogP contribution in [0.3, 0.4) is 0 Å². The Hall–Kier alpha value is -5.85. The van der Waals surface area contributed by atoms with E-state index in [1.54, 1.807) is 23.8 Å². The molecule has 5 aliphatic heterocycles. The fraction of sp³-hybridized carbons (Fsp3) is 0.549. The Morgan fingerprint density at radius 1 is 1.06 bits per heavy atom. The number of nitrogens with zero attached hydrogens (tertiary/aromatic N) is 6. The largest absolute Gasteiger partial charge is 0.375 e. The summed E-state index contributed by atoms with van der Waals surface area (Å²) in [6.07, 6.45) is 5.30. The molecule has 4 amide bonds. The zero-order valence-electron chi connectivity index (χ0n) is 39.7. The molecular formula is C51H65N8O7+. The molecule has 5 aliphatic rings. The van der Waals surface area contributed by atoms with Gasteiger partial charge in [0.1, 0.15) is 12.1 Å². The number of likely N-dealkylation sites (tertiary alicyclic amines) is 2. The second-order valence-corrected chi connectivity index (χ2v) is 19.9. The Bertz CT molecular complexity index is 2570. The zero-order valence-corrected chi connectivity index (χ0v) is 39.7. The molecule has 66 heavy (non-hydrogen) atoms. The minimum atomic E-state index is -1.04. The third-order valence-electron chi connectivity index (χ3n) is 14.3. The lowest BCUT2D eigenvalue weighted by Gasteiger charge is -2.35. The minimum absolute atomic E-state index is 0.117. The summed E-state index contributed by atoms with van der Waals surface area (Å²) >= 11 is 0. The van der Waals surface area contributed by atoms with Crippen molar-refractivity contribution in [3.63, 3.8) is 0 Å². The average Bonchev–Trinajstić information content (AvgIpc) is 3.97. The van der Waals surface area contributed by atoms with E-state index in [4.69, 9.17) is 14.6 Å². The number of carbonyl (C=O) groups is 4. The van der Waals surface area contributed by atoms with E-state index in [1.807, 2.05) is 39.1 Å². The predicted molar refractivity (Wildman–Crippen MR) is 252 cm³/mol. The quantitative estimate of drug-likeness (QED) is 0.285. The molecule has 1 spiro atoms. The van der Waals surface area contributed by atoms with Crippen molar-refractivity contribution in [3.8, 4) is 23.0 Å². The van der Waals surface area contributed by atoms with Crippen LogP contribution in [0.4, 0.5) is 0 Å². The maximum absolute atomic E-state index is 14.8. The molecule has 5 atom stereocenters. The fourth-order valence-electron chi connectivity index (χ4n) is 10.8. The van der Waals surface area contributed by atoms with Crippen molar-refractivity contribution in [1.82, 2.24) is 30.1 Å². The van der Waals surface area contributed by atoms with Crippen LogP contribution in [-0.4, -0.2) is 118 Å². The van der Waals surface area contributed by atoms with Crippen molar-refractivity contribution in [2.75, 3.05) is 39.9 Å². The van der Waals surface area contributed by atoms with Crippen molar-refractivity contribution >= 4 is 46.3 Å². The lowest BCUT2D eigenvalue weighted by atomic mass is 9.83. The number of aromatic nitrogens is 1. The van der Waals surface area contributed by atoms with E-state index in [-0.39, 0.29) is 43.4 Å². The number of hydrogen-bond acceptors (Lipinski definition) is 9. The zero-order chi connectivity index (χ0) is 47.1. The van der Waals surface area contributed by atoms with Gasteiger partial charge in [-0.1, -0.05) is 63.9 Å². The molecule has 0 saturated carbocycles. The lowest BCUT2D eigenvalue weighted by Crippen LogP contribution is -2.62. The third kappa shape index (κ3) is 9.01. The molecule has 2 aromatic carbocycles. The summed E-state index contributed by atoms with van der Waals surface area (Å²) in [5.41, 5.74) is 10.0. The highest BCUT2D eigenvalue weighted by Gasteiger charge is 2.54. The molecule has 350 valence electrons. The van der Waals surface area contributed by atoms with Gasteiger partial charge < -0.3 is 24.4 Å². The number of hydrogen-bond donors (Lipinski definition) is 2. The topological polar surface area (TPSA) is 158 Å². The van der Waals surface area contributed by atoms with E-state index < -0.39 is 40.9 Å². The Morgan fingerprint density at radius 3 is 2.59 bits per heavy atom. The molecule has 6 bridgehead atoms. The van der Waals surface area contributed by atoms with Crippen molar-refractivity contribution in [2.45, 2.75) is 117 Å². The number of nitrogens with one attached hydrogen (secondary N) is 2. The van der Waals surface area contributed by atoms with Crippen molar-refractivity contribution in [3.05, 3.63) is 69.9 Å². The van der Waals surface area contributed by atoms with E-state index in [0.717, 1.165) is 63.0 Å². The summed E-state index contributed by atoms with van der Waals surface area (Å²) in [7, 11) is 3.80. The van der Waals surface area contributed by atoms with Crippen molar-refractivity contribution in [2.24, 2.45) is 28.8 Å². The summed E-state index contributed by atoms with van der Waals surface area (Å²) < 4.78 is 8.08. The SMILES string of the molecule is CC#CC(=O)N1CCC2(CCN([C@H](C(=O)N[C@H]3Cc4cccc(c4)-c4ccc5c(c4)c(c(C4=C([C@H](C)OC)N=CCC4)n5C)CC(C)(C)CO[N+](=O)[C@@H]4CCCN(N4)C3=O)C(C)C)C2=O)C1. The lowest BCUT2D eigenvalue weighted by molar-refractivity contribution is -0.835. The molecule has 6 heterocycles. The van der Waals surface area contributed by atoms with Gasteiger partial charge in [0.2, 0.25) is 16.7 Å². The van der Waals surface area contributed by atoms with Crippen LogP contribution >= 0.6 is 0 Å². The van der Waals surface area contributed by atoms with Gasteiger partial charge in [0.05, 0.1) is 22.1 Å². The van der Waals surface area contributed by atoms with Crippen LogP contribution in [-0.2, 0) is 48.6 Å². The van der Waals surface area contributed by atoms with Crippen LogP contribution in [0.5, 0.6) is 0 Å². The average molecular weight is 902 g/mol. The molecule has 8 rings (SSSR count). The molecule has 3 saturated heterocycles. The molecular weight excluding hydrogens is 837 g/mol. The number of rotatable bonds is 7. The Kier molecular flexibility index (Phi) is 13.3. The number of fused-ring (bicyclic) bond motifs is 6. The van der Waals surface area contributed by atoms with Crippen LogP contribution in [0, 0.1) is 33.5 Å². The number of aliphatic imine (C=N–C) groups is 1. The van der Waals surface area contributed by atoms with Crippen LogP contribution in [0.25, 0.3) is 27.6 Å². The van der Waals surface area contributed by atoms with E-state index in [0.29, 0.717) is 56.7 Å². The minimum Gasteiger partial charge on any atom is -0.375 e. The third-order valence-corrected chi connectivity index (χ3v) is 14.3. The first kappa shape index (κ1) is 46.7. The van der Waals surface area contributed by atoms with Crippen LogP contribution in [0.2, 0.25) is 0 Å². The standard InChI is InChI=1S/C51H64N8O7/c1-9-13-43(60)56-24-20-51(30-56)21-25-57(49(51)63)45(32(2)3)47(61)53-40-27-34-14-10-15-35(26-34)36-18-19-41-38(28-36)39(46(55(41)7)37-16-11-22-52-44(37)33(4)65-8)29-50(5,6)31-66-59(64)42-17-12-23-58(54-42)48(40)62/h10,14-15,18-19,22,26,28,32-33,40,42,45,54H,11-12,16-17,20-21,23-25,27,29-31H2,1-8H3/p+1/t33-,40-,42+,45-,51?/m0/s1. The summed E-state index contributed by atoms with van der Waals surface area (Å²) in [4.78, 5) is 85.0. The number of amides is 4. The second-order valence-electron chi connectivity index (χ2n) is 19.9. The molecule has 2 N–H and O–H groups in total. The molecule has 3 aromatic rings. The van der Waals surface area contributed by atoms with Crippen LogP contribution in [0.1, 0.15) is 96.9 Å². The number of allylic oxidation sites excluding steroid dienone is 1. The summed E-state index contributed by atoms with van der Waals surface area (Å²) in [6.45, 7) is 13.1. The summed E-state index contributed by atoms with van der Waals surface area (Å²) in [5, 5.41) is 5.63. The van der Waals surface area contributed by atoms with Gasteiger partial charge in [-0.2, -0.15) is 5.43 Å². The van der Waals surface area contributed by atoms with E-state index in [1.165, 1.54) is 5.01 Å². The monoisotopic (exact) mass is 901 g/mol. The number of ether oxygens (including phenoxy) is 1. The molecule has 15 nitrogen and oxygen atoms in total. The van der Waals surface area contributed by atoms with Gasteiger partial charge in [-0.25, -0.2) is 4.84 Å². The number of aryl methyl sites for hydroxylation is 1. The predicted octanol–water partition coefficient (Wildman–Crippen LogP) is 5.73.